The van der Waals surface area contributed by atoms with E-state index < -0.39 is 11.5 Å². The highest BCUT2D eigenvalue weighted by Gasteiger charge is 2.30. The minimum absolute atomic E-state index is 0.0136. The molecule has 1 rings (SSSR count). The molecule has 1 aromatic carbocycles. The number of halogens is 4. The lowest BCUT2D eigenvalue weighted by molar-refractivity contribution is -0.139. The number of rotatable bonds is 4. The van der Waals surface area contributed by atoms with Gasteiger partial charge in [0.2, 0.25) is 0 Å². The highest BCUT2D eigenvalue weighted by molar-refractivity contribution is 8.00. The van der Waals surface area contributed by atoms with Crippen LogP contribution in [0.3, 0.4) is 0 Å². The molecule has 20 heavy (non-hydrogen) atoms. The molecule has 0 fully saturated rings. The monoisotopic (exact) mass is 323 g/mol. The second-order valence-electron chi connectivity index (χ2n) is 3.65. The van der Waals surface area contributed by atoms with Crippen LogP contribution >= 0.6 is 23.4 Å². The van der Waals surface area contributed by atoms with Crippen molar-refractivity contribution in [1.29, 1.82) is 5.26 Å². The fraction of sp³-hybridized carbons (Fsp3) is 0.333. The third kappa shape index (κ3) is 4.62. The molecule has 0 atom stereocenters. The molecule has 0 saturated carbocycles. The van der Waals surface area contributed by atoms with Crippen molar-refractivity contribution >= 4 is 29.3 Å². The summed E-state index contributed by atoms with van der Waals surface area (Å²) < 4.78 is 41.5. The Balaban J connectivity index is 3.25. The zero-order valence-corrected chi connectivity index (χ0v) is 11.8. The Bertz CT molecular complexity index is 555. The third-order valence-corrected chi connectivity index (χ3v) is 3.35. The predicted molar refractivity (Wildman–Crippen MR) is 68.3 cm³/mol. The Labute approximate surface area is 122 Å². The zero-order valence-electron chi connectivity index (χ0n) is 10.3. The number of alkyl halides is 4. The van der Waals surface area contributed by atoms with Crippen LogP contribution < -0.4 is 0 Å². The smallest absolute Gasteiger partial charge is 0.446 e. The first kappa shape index (κ1) is 16.7. The zero-order chi connectivity index (χ0) is 15.3. The van der Waals surface area contributed by atoms with Crippen molar-refractivity contribution in [2.24, 2.45) is 0 Å². The van der Waals surface area contributed by atoms with Gasteiger partial charge in [0, 0.05) is 10.8 Å². The van der Waals surface area contributed by atoms with Crippen molar-refractivity contribution in [2.45, 2.75) is 22.7 Å². The molecule has 0 amide bonds. The summed E-state index contributed by atoms with van der Waals surface area (Å²) in [6, 6.07) is 4.10. The lowest BCUT2D eigenvalue weighted by Crippen LogP contribution is -2.09. The highest BCUT2D eigenvalue weighted by atomic mass is 35.5. The number of carbonyl (C=O) groups is 1. The second kappa shape index (κ2) is 6.86. The molecule has 0 bridgehead atoms. The molecule has 0 aliphatic heterocycles. The van der Waals surface area contributed by atoms with Crippen molar-refractivity contribution in [3.8, 4) is 6.07 Å². The van der Waals surface area contributed by atoms with Crippen LogP contribution in [0.25, 0.3) is 0 Å². The van der Waals surface area contributed by atoms with Gasteiger partial charge in [0.15, 0.2) is 0 Å². The average Bonchev–Trinajstić information content (AvgIpc) is 2.37. The summed E-state index contributed by atoms with van der Waals surface area (Å²) in [5, 5.41) is 9.01. The number of thioether (sulfide) groups is 1. The van der Waals surface area contributed by atoms with Crippen molar-refractivity contribution in [3.63, 3.8) is 0 Å². The molecule has 1 aromatic rings. The summed E-state index contributed by atoms with van der Waals surface area (Å²) in [6.45, 7) is 0. The van der Waals surface area contributed by atoms with E-state index >= 15 is 0 Å². The third-order valence-electron chi connectivity index (χ3n) is 2.36. The van der Waals surface area contributed by atoms with E-state index in [0.29, 0.717) is 11.1 Å². The van der Waals surface area contributed by atoms with Gasteiger partial charge in [-0.25, -0.2) is 0 Å². The van der Waals surface area contributed by atoms with Crippen LogP contribution in [0.1, 0.15) is 16.7 Å². The van der Waals surface area contributed by atoms with E-state index in [2.05, 4.69) is 4.74 Å². The van der Waals surface area contributed by atoms with Gasteiger partial charge in [-0.15, -0.1) is 11.6 Å². The van der Waals surface area contributed by atoms with Gasteiger partial charge < -0.3 is 4.74 Å². The maximum absolute atomic E-state index is 12.4. The SMILES string of the molecule is COC(=O)Cc1c(C#N)cc(SC(F)(F)F)cc1CCl. The molecular weight excluding hydrogens is 315 g/mol. The van der Waals surface area contributed by atoms with Gasteiger partial charge in [0.25, 0.3) is 0 Å². The number of ether oxygens (including phenoxy) is 1. The molecule has 0 aliphatic carbocycles. The van der Waals surface area contributed by atoms with E-state index in [0.717, 1.165) is 6.07 Å². The number of esters is 1. The van der Waals surface area contributed by atoms with Crippen molar-refractivity contribution in [1.82, 2.24) is 0 Å². The summed E-state index contributed by atoms with van der Waals surface area (Å²) in [5.41, 5.74) is -3.87. The first-order valence-electron chi connectivity index (χ1n) is 5.25. The summed E-state index contributed by atoms with van der Waals surface area (Å²) in [5.74, 6) is -0.697. The second-order valence-corrected chi connectivity index (χ2v) is 5.06. The minimum atomic E-state index is -4.46. The molecular formula is C12H9ClF3NO2S. The number of hydrogen-bond donors (Lipinski definition) is 0. The molecule has 8 heteroatoms. The molecule has 108 valence electrons. The van der Waals surface area contributed by atoms with E-state index in [9.17, 15) is 18.0 Å². The quantitative estimate of drug-likeness (QED) is 0.482. The number of benzene rings is 1. The normalized spacial score (nSPS) is 11.0. The standard InChI is InChI=1S/C12H9ClF3NO2S/c1-19-11(18)4-10-7(5-13)2-9(3-8(10)6-17)20-12(14,15)16/h2-3H,4-5H2,1H3. The number of hydrogen-bond acceptors (Lipinski definition) is 4. The predicted octanol–water partition coefficient (Wildman–Crippen LogP) is 3.62. The summed E-state index contributed by atoms with van der Waals surface area (Å²) in [6.07, 6.45) is -0.210. The van der Waals surface area contributed by atoms with E-state index in [1.54, 1.807) is 6.07 Å². The van der Waals surface area contributed by atoms with Crippen LogP contribution in [-0.4, -0.2) is 18.6 Å². The fourth-order valence-corrected chi connectivity index (χ4v) is 2.42. The molecule has 0 N–H and O–H groups in total. The van der Waals surface area contributed by atoms with Gasteiger partial charge in [0.1, 0.15) is 0 Å². The van der Waals surface area contributed by atoms with Gasteiger partial charge in [-0.1, -0.05) is 0 Å². The molecule has 3 nitrogen and oxygen atoms in total. The summed E-state index contributed by atoms with van der Waals surface area (Å²) >= 11 is 5.35. The van der Waals surface area contributed by atoms with Crippen LogP contribution in [0.2, 0.25) is 0 Å². The highest BCUT2D eigenvalue weighted by Crippen LogP contribution is 2.38. The largest absolute Gasteiger partial charge is 0.469 e. The van der Waals surface area contributed by atoms with E-state index in [4.69, 9.17) is 16.9 Å². The van der Waals surface area contributed by atoms with E-state index in [1.165, 1.54) is 13.2 Å². The lowest BCUT2D eigenvalue weighted by atomic mass is 10.00. The maximum atomic E-state index is 12.4. The molecule has 0 spiro atoms. The van der Waals surface area contributed by atoms with Crippen LogP contribution in [0, 0.1) is 11.3 Å². The van der Waals surface area contributed by atoms with Gasteiger partial charge in [-0.3, -0.25) is 4.79 Å². The van der Waals surface area contributed by atoms with Gasteiger partial charge in [0.05, 0.1) is 25.2 Å². The summed E-state index contributed by atoms with van der Waals surface area (Å²) in [7, 11) is 1.18. The minimum Gasteiger partial charge on any atom is -0.469 e. The molecule has 0 saturated heterocycles. The van der Waals surface area contributed by atoms with Crippen molar-refractivity contribution in [2.75, 3.05) is 7.11 Å². The molecule has 0 aliphatic rings. The fourth-order valence-electron chi connectivity index (χ4n) is 1.54. The Morgan fingerprint density at radius 1 is 1.50 bits per heavy atom. The number of nitriles is 1. The maximum Gasteiger partial charge on any atom is 0.446 e. The van der Waals surface area contributed by atoms with Crippen molar-refractivity contribution in [3.05, 3.63) is 28.8 Å². The van der Waals surface area contributed by atoms with Gasteiger partial charge >= 0.3 is 11.5 Å². The Hall–Kier alpha value is -1.39. The first-order valence-corrected chi connectivity index (χ1v) is 6.60. The van der Waals surface area contributed by atoms with Crippen molar-refractivity contribution < 1.29 is 22.7 Å². The lowest BCUT2D eigenvalue weighted by Gasteiger charge is -2.12. The molecule has 0 unspecified atom stereocenters. The van der Waals surface area contributed by atoms with Crippen LogP contribution in [0.15, 0.2) is 17.0 Å². The Morgan fingerprint density at radius 2 is 2.15 bits per heavy atom. The van der Waals surface area contributed by atoms with Crippen LogP contribution in [0.4, 0.5) is 13.2 Å². The van der Waals surface area contributed by atoms with Crippen LogP contribution in [-0.2, 0) is 21.8 Å². The van der Waals surface area contributed by atoms with Gasteiger partial charge in [-0.2, -0.15) is 18.4 Å². The average molecular weight is 324 g/mol. The van der Waals surface area contributed by atoms with Gasteiger partial charge in [-0.05, 0) is 35.0 Å². The number of methoxy groups -OCH3 is 1. The topological polar surface area (TPSA) is 50.1 Å². The molecule has 0 aromatic heterocycles. The molecule has 0 radical (unpaired) electrons. The Kier molecular flexibility index (Phi) is 5.72. The Morgan fingerprint density at radius 3 is 2.60 bits per heavy atom. The summed E-state index contributed by atoms with van der Waals surface area (Å²) in [4.78, 5) is 11.1. The first-order chi connectivity index (χ1) is 9.30. The van der Waals surface area contributed by atoms with Crippen LogP contribution in [0.5, 0.6) is 0 Å². The van der Waals surface area contributed by atoms with E-state index in [1.807, 2.05) is 0 Å². The molecule has 0 heterocycles. The number of nitrogens with zero attached hydrogens (tertiary/aromatic N) is 1. The number of carbonyl (C=O) groups excluding carboxylic acids is 1. The van der Waals surface area contributed by atoms with E-state index in [-0.39, 0.29) is 34.5 Å².